The predicted molar refractivity (Wildman–Crippen MR) is 126 cm³/mol. The molecule has 0 aliphatic heterocycles. The molecule has 1 unspecified atom stereocenters. The minimum Gasteiger partial charge on any atom is -0.493 e. The summed E-state index contributed by atoms with van der Waals surface area (Å²) in [5, 5.41) is 11.7. The van der Waals surface area contributed by atoms with Crippen molar-refractivity contribution in [3.8, 4) is 22.6 Å². The Balaban J connectivity index is 1.98. The van der Waals surface area contributed by atoms with Gasteiger partial charge in [0.15, 0.2) is 11.5 Å². The number of esters is 1. The van der Waals surface area contributed by atoms with E-state index in [4.69, 9.17) is 14.2 Å². The average molecular weight is 449 g/mol. The smallest absolute Gasteiger partial charge is 0.305 e. The SMILES string of the molecule is CCOC(=O)CCC1(CCC(=O)O)c2cc(OC)c(OC)cc2-c2cc3ccccc3cc21. The maximum atomic E-state index is 12.4. The molecular formula is C27H28O6. The number of ether oxygens (including phenoxy) is 3. The second-order valence-corrected chi connectivity index (χ2v) is 8.28. The summed E-state index contributed by atoms with van der Waals surface area (Å²) in [4.78, 5) is 24.0. The number of carboxylic acids is 1. The van der Waals surface area contributed by atoms with E-state index >= 15 is 0 Å². The number of hydrogen-bond donors (Lipinski definition) is 1. The van der Waals surface area contributed by atoms with Gasteiger partial charge in [-0.3, -0.25) is 9.59 Å². The molecular weight excluding hydrogens is 420 g/mol. The zero-order valence-electron chi connectivity index (χ0n) is 19.1. The second-order valence-electron chi connectivity index (χ2n) is 8.28. The average Bonchev–Trinajstić information content (AvgIpc) is 3.07. The molecule has 0 saturated carbocycles. The molecule has 0 heterocycles. The maximum Gasteiger partial charge on any atom is 0.305 e. The number of hydrogen-bond acceptors (Lipinski definition) is 5. The highest BCUT2D eigenvalue weighted by Gasteiger charge is 2.44. The van der Waals surface area contributed by atoms with Crippen LogP contribution in [0, 0.1) is 0 Å². The lowest BCUT2D eigenvalue weighted by Gasteiger charge is -2.32. The number of fused-ring (bicyclic) bond motifs is 4. The quantitative estimate of drug-likeness (QED) is 0.446. The molecule has 0 fully saturated rings. The van der Waals surface area contributed by atoms with E-state index in [-0.39, 0.29) is 18.8 Å². The molecule has 6 heteroatoms. The van der Waals surface area contributed by atoms with Gasteiger partial charge >= 0.3 is 11.9 Å². The molecule has 1 N–H and O–H groups in total. The molecule has 4 rings (SSSR count). The highest BCUT2D eigenvalue weighted by Crippen LogP contribution is 2.56. The van der Waals surface area contributed by atoms with E-state index in [0.717, 1.165) is 33.0 Å². The fourth-order valence-electron chi connectivity index (χ4n) is 5.03. The first-order valence-electron chi connectivity index (χ1n) is 11.1. The van der Waals surface area contributed by atoms with E-state index in [1.165, 1.54) is 0 Å². The van der Waals surface area contributed by atoms with E-state index in [2.05, 4.69) is 18.2 Å². The Morgan fingerprint density at radius 3 is 2.06 bits per heavy atom. The number of carboxylic acid groups (broad SMARTS) is 1. The van der Waals surface area contributed by atoms with Gasteiger partial charge in [-0.15, -0.1) is 0 Å². The van der Waals surface area contributed by atoms with E-state index in [9.17, 15) is 14.7 Å². The van der Waals surface area contributed by atoms with Gasteiger partial charge in [0, 0.05) is 18.3 Å². The first-order chi connectivity index (χ1) is 15.9. The third kappa shape index (κ3) is 4.01. The van der Waals surface area contributed by atoms with Crippen molar-refractivity contribution in [2.75, 3.05) is 20.8 Å². The lowest BCUT2D eigenvalue weighted by Crippen LogP contribution is -2.28. The Morgan fingerprint density at radius 2 is 1.42 bits per heavy atom. The van der Waals surface area contributed by atoms with Crippen molar-refractivity contribution in [3.63, 3.8) is 0 Å². The number of benzene rings is 3. The summed E-state index contributed by atoms with van der Waals surface area (Å²) >= 11 is 0. The molecule has 1 aliphatic rings. The van der Waals surface area contributed by atoms with Crippen LogP contribution in [0.25, 0.3) is 21.9 Å². The largest absolute Gasteiger partial charge is 0.493 e. The van der Waals surface area contributed by atoms with Gasteiger partial charge < -0.3 is 19.3 Å². The Morgan fingerprint density at radius 1 is 0.848 bits per heavy atom. The summed E-state index contributed by atoms with van der Waals surface area (Å²) in [5.74, 6) is 0.0180. The zero-order valence-corrected chi connectivity index (χ0v) is 19.1. The van der Waals surface area contributed by atoms with E-state index < -0.39 is 11.4 Å². The zero-order chi connectivity index (χ0) is 23.6. The monoisotopic (exact) mass is 448 g/mol. The van der Waals surface area contributed by atoms with Crippen LogP contribution in [0.5, 0.6) is 11.5 Å². The molecule has 6 nitrogen and oxygen atoms in total. The first kappa shape index (κ1) is 22.6. The molecule has 1 aliphatic carbocycles. The summed E-state index contributed by atoms with van der Waals surface area (Å²) in [6.45, 7) is 2.09. The van der Waals surface area contributed by atoms with Gasteiger partial charge in [0.1, 0.15) is 0 Å². The molecule has 0 bridgehead atoms. The molecule has 1 atom stereocenters. The van der Waals surface area contributed by atoms with Crippen molar-refractivity contribution >= 4 is 22.7 Å². The number of carbonyl (C=O) groups excluding carboxylic acids is 1. The van der Waals surface area contributed by atoms with Crippen LogP contribution in [0.1, 0.15) is 43.7 Å². The van der Waals surface area contributed by atoms with Gasteiger partial charge in [0.05, 0.1) is 20.8 Å². The molecule has 0 aromatic heterocycles. The standard InChI is InChI=1S/C27H28O6/c1-4-33-26(30)10-12-27(11-9-25(28)29)21-14-18-8-6-5-7-17(18)13-19(21)20-15-23(31-2)24(32-3)16-22(20)27/h5-8,13-16H,4,9-12H2,1-3H3,(H,28,29). The van der Waals surface area contributed by atoms with Crippen molar-refractivity contribution < 1.29 is 28.9 Å². The van der Waals surface area contributed by atoms with Crippen LogP contribution in [0.15, 0.2) is 48.5 Å². The summed E-state index contributed by atoms with van der Waals surface area (Å²) in [7, 11) is 3.18. The maximum absolute atomic E-state index is 12.4. The fraction of sp³-hybridized carbons (Fsp3) is 0.333. The molecule has 0 spiro atoms. The Kier molecular flexibility index (Phi) is 6.27. The van der Waals surface area contributed by atoms with Crippen molar-refractivity contribution in [2.24, 2.45) is 0 Å². The number of carbonyl (C=O) groups is 2. The van der Waals surface area contributed by atoms with Gasteiger partial charge in [0.25, 0.3) is 0 Å². The third-order valence-corrected chi connectivity index (χ3v) is 6.56. The van der Waals surface area contributed by atoms with E-state index in [1.807, 2.05) is 30.3 Å². The number of aliphatic carboxylic acids is 1. The van der Waals surface area contributed by atoms with Crippen molar-refractivity contribution in [1.82, 2.24) is 0 Å². The Bertz CT molecular complexity index is 1210. The van der Waals surface area contributed by atoms with Crippen molar-refractivity contribution in [3.05, 3.63) is 59.7 Å². The lowest BCUT2D eigenvalue weighted by molar-refractivity contribution is -0.143. The Hall–Kier alpha value is -3.54. The summed E-state index contributed by atoms with van der Waals surface area (Å²) in [6, 6.07) is 16.3. The normalized spacial score (nSPS) is 16.2. The van der Waals surface area contributed by atoms with Crippen molar-refractivity contribution in [1.29, 1.82) is 0 Å². The Labute approximate surface area is 193 Å². The fourth-order valence-corrected chi connectivity index (χ4v) is 5.03. The van der Waals surface area contributed by atoms with Gasteiger partial charge in [-0.25, -0.2) is 0 Å². The number of methoxy groups -OCH3 is 2. The van der Waals surface area contributed by atoms with Crippen LogP contribution in [-0.2, 0) is 19.7 Å². The summed E-state index contributed by atoms with van der Waals surface area (Å²) < 4.78 is 16.4. The van der Waals surface area contributed by atoms with Crippen LogP contribution >= 0.6 is 0 Å². The molecule has 0 radical (unpaired) electrons. The van der Waals surface area contributed by atoms with Crippen LogP contribution in [-0.4, -0.2) is 37.9 Å². The predicted octanol–water partition coefficient (Wildman–Crippen LogP) is 5.33. The van der Waals surface area contributed by atoms with Gasteiger partial charge in [-0.1, -0.05) is 24.3 Å². The van der Waals surface area contributed by atoms with Crippen molar-refractivity contribution in [2.45, 2.75) is 38.0 Å². The molecule has 3 aromatic carbocycles. The lowest BCUT2D eigenvalue weighted by atomic mass is 9.71. The topological polar surface area (TPSA) is 82.1 Å². The van der Waals surface area contributed by atoms with Crippen LogP contribution in [0.4, 0.5) is 0 Å². The van der Waals surface area contributed by atoms with E-state index in [0.29, 0.717) is 30.9 Å². The first-order valence-corrected chi connectivity index (χ1v) is 11.1. The highest BCUT2D eigenvalue weighted by atomic mass is 16.5. The minimum atomic E-state index is -0.873. The van der Waals surface area contributed by atoms with Crippen LogP contribution in [0.3, 0.4) is 0 Å². The summed E-state index contributed by atoms with van der Waals surface area (Å²) in [6.07, 6.45) is 0.957. The minimum absolute atomic E-state index is 0.0249. The molecule has 0 amide bonds. The van der Waals surface area contributed by atoms with E-state index in [1.54, 1.807) is 21.1 Å². The molecule has 3 aromatic rings. The molecule has 172 valence electrons. The molecule has 0 saturated heterocycles. The third-order valence-electron chi connectivity index (χ3n) is 6.56. The van der Waals surface area contributed by atoms with Crippen LogP contribution < -0.4 is 9.47 Å². The van der Waals surface area contributed by atoms with Crippen LogP contribution in [0.2, 0.25) is 0 Å². The second kappa shape index (κ2) is 9.14. The van der Waals surface area contributed by atoms with Gasteiger partial charge in [-0.2, -0.15) is 0 Å². The molecule has 33 heavy (non-hydrogen) atoms. The highest BCUT2D eigenvalue weighted by molar-refractivity contribution is 5.94. The van der Waals surface area contributed by atoms with Gasteiger partial charge in [-0.05, 0) is 77.1 Å². The van der Waals surface area contributed by atoms with Gasteiger partial charge in [0.2, 0.25) is 0 Å². The summed E-state index contributed by atoms with van der Waals surface area (Å²) in [5.41, 5.74) is 3.31. The number of rotatable bonds is 9.